The van der Waals surface area contributed by atoms with Crippen LogP contribution >= 0.6 is 27.3 Å². The number of hydrogen-bond acceptors (Lipinski definition) is 3. The van der Waals surface area contributed by atoms with E-state index in [9.17, 15) is 4.79 Å². The molecule has 0 aliphatic rings. The number of halogens is 1. The van der Waals surface area contributed by atoms with Gasteiger partial charge in [-0.25, -0.2) is 4.79 Å². The van der Waals surface area contributed by atoms with Crippen LogP contribution in [0.1, 0.15) is 17.2 Å². The van der Waals surface area contributed by atoms with Gasteiger partial charge in [-0.1, -0.05) is 6.07 Å². The van der Waals surface area contributed by atoms with Crippen molar-refractivity contribution in [2.75, 3.05) is 7.05 Å². The van der Waals surface area contributed by atoms with Gasteiger partial charge in [0.1, 0.15) is 0 Å². The van der Waals surface area contributed by atoms with Crippen molar-refractivity contribution in [3.63, 3.8) is 0 Å². The molecule has 1 unspecified atom stereocenters. The van der Waals surface area contributed by atoms with E-state index in [-0.39, 0.29) is 11.7 Å². The van der Waals surface area contributed by atoms with Gasteiger partial charge in [0.25, 0.3) is 0 Å². The predicted molar refractivity (Wildman–Crippen MR) is 81.8 cm³/mol. The van der Waals surface area contributed by atoms with Crippen LogP contribution in [-0.2, 0) is 0 Å². The Balaban J connectivity index is 2.07. The molecule has 2 heterocycles. The van der Waals surface area contributed by atoms with Gasteiger partial charge in [-0.3, -0.25) is 0 Å². The summed E-state index contributed by atoms with van der Waals surface area (Å²) in [7, 11) is 1.93. The third kappa shape index (κ3) is 2.39. The molecule has 0 spiro atoms. The van der Waals surface area contributed by atoms with Crippen LogP contribution in [0, 0.1) is 0 Å². The van der Waals surface area contributed by atoms with Gasteiger partial charge >= 0.3 is 5.69 Å². The summed E-state index contributed by atoms with van der Waals surface area (Å²) in [6.07, 6.45) is 0. The minimum Gasteiger partial charge on any atom is -0.309 e. The number of H-pyrrole nitrogens is 2. The Hall–Kier alpha value is -1.37. The minimum atomic E-state index is -0.175. The molecule has 6 heteroatoms. The fraction of sp³-hybridized carbons (Fsp3) is 0.154. The zero-order valence-corrected chi connectivity index (χ0v) is 12.6. The first-order valence-electron chi connectivity index (χ1n) is 5.80. The SMILES string of the molecule is CNC(c1csc(Br)c1)c1ccc2[nH]c(=O)[nH]c2c1. The number of fused-ring (bicyclic) bond motifs is 1. The molecule has 98 valence electrons. The van der Waals surface area contributed by atoms with E-state index in [0.717, 1.165) is 20.4 Å². The summed E-state index contributed by atoms with van der Waals surface area (Å²) in [6, 6.07) is 8.17. The molecule has 3 rings (SSSR count). The molecule has 0 saturated carbocycles. The molecule has 2 aromatic heterocycles. The molecule has 0 fully saturated rings. The Morgan fingerprint density at radius 3 is 2.68 bits per heavy atom. The molecular weight excluding hydrogens is 326 g/mol. The number of nitrogens with one attached hydrogen (secondary N) is 3. The van der Waals surface area contributed by atoms with Crippen LogP contribution in [0.3, 0.4) is 0 Å². The minimum absolute atomic E-state index is 0.116. The number of benzene rings is 1. The monoisotopic (exact) mass is 337 g/mol. The van der Waals surface area contributed by atoms with E-state index in [2.05, 4.69) is 42.7 Å². The normalized spacial score (nSPS) is 12.9. The third-order valence-corrected chi connectivity index (χ3v) is 4.61. The quantitative estimate of drug-likeness (QED) is 0.688. The molecule has 3 N–H and O–H groups in total. The number of rotatable bonds is 3. The van der Waals surface area contributed by atoms with E-state index >= 15 is 0 Å². The molecule has 0 amide bonds. The van der Waals surface area contributed by atoms with Crippen LogP contribution in [0.25, 0.3) is 11.0 Å². The smallest absolute Gasteiger partial charge is 0.309 e. The van der Waals surface area contributed by atoms with Crippen molar-refractivity contribution < 1.29 is 0 Å². The van der Waals surface area contributed by atoms with E-state index in [0.29, 0.717) is 0 Å². The highest BCUT2D eigenvalue weighted by Gasteiger charge is 2.14. The van der Waals surface area contributed by atoms with Gasteiger partial charge in [-0.05, 0) is 57.7 Å². The van der Waals surface area contributed by atoms with Gasteiger partial charge in [0, 0.05) is 0 Å². The zero-order chi connectivity index (χ0) is 13.4. The highest BCUT2D eigenvalue weighted by molar-refractivity contribution is 9.11. The molecule has 0 aliphatic carbocycles. The fourth-order valence-corrected chi connectivity index (χ4v) is 3.43. The van der Waals surface area contributed by atoms with E-state index in [1.165, 1.54) is 5.56 Å². The summed E-state index contributed by atoms with van der Waals surface area (Å²) in [5.74, 6) is 0. The van der Waals surface area contributed by atoms with Crippen LogP contribution in [-0.4, -0.2) is 17.0 Å². The first-order valence-corrected chi connectivity index (χ1v) is 7.48. The number of thiophene rings is 1. The van der Waals surface area contributed by atoms with Crippen molar-refractivity contribution in [3.8, 4) is 0 Å². The molecule has 0 bridgehead atoms. The highest BCUT2D eigenvalue weighted by atomic mass is 79.9. The largest absolute Gasteiger partial charge is 0.323 e. The van der Waals surface area contributed by atoms with Crippen molar-refractivity contribution in [3.05, 3.63) is 55.0 Å². The Labute approximate surface area is 122 Å². The van der Waals surface area contributed by atoms with Gasteiger partial charge in [0.15, 0.2) is 0 Å². The summed E-state index contributed by atoms with van der Waals surface area (Å²) in [6.45, 7) is 0. The van der Waals surface area contributed by atoms with Crippen molar-refractivity contribution in [2.24, 2.45) is 0 Å². The maximum atomic E-state index is 11.3. The van der Waals surface area contributed by atoms with E-state index in [4.69, 9.17) is 0 Å². The maximum Gasteiger partial charge on any atom is 0.323 e. The lowest BCUT2D eigenvalue weighted by atomic mass is 10.0. The Morgan fingerprint density at radius 2 is 2.00 bits per heavy atom. The fourth-order valence-electron chi connectivity index (χ4n) is 2.23. The van der Waals surface area contributed by atoms with Crippen LogP contribution < -0.4 is 11.0 Å². The molecule has 0 radical (unpaired) electrons. The summed E-state index contributed by atoms with van der Waals surface area (Å²) in [4.78, 5) is 16.8. The number of aromatic amines is 2. The zero-order valence-electron chi connectivity index (χ0n) is 10.2. The van der Waals surface area contributed by atoms with Gasteiger partial charge in [0.2, 0.25) is 0 Å². The van der Waals surface area contributed by atoms with E-state index < -0.39 is 0 Å². The average molecular weight is 338 g/mol. The number of hydrogen-bond donors (Lipinski definition) is 3. The van der Waals surface area contributed by atoms with Gasteiger partial charge < -0.3 is 15.3 Å². The molecule has 3 aromatic rings. The van der Waals surface area contributed by atoms with Crippen molar-refractivity contribution in [2.45, 2.75) is 6.04 Å². The second-order valence-electron chi connectivity index (χ2n) is 4.29. The van der Waals surface area contributed by atoms with Crippen molar-refractivity contribution in [1.82, 2.24) is 15.3 Å². The molecule has 1 aromatic carbocycles. The molecular formula is C13H12BrN3OS. The molecule has 0 saturated heterocycles. The lowest BCUT2D eigenvalue weighted by molar-refractivity contribution is 0.695. The summed E-state index contributed by atoms with van der Waals surface area (Å²) >= 11 is 5.15. The average Bonchev–Trinajstić information content (AvgIpc) is 2.95. The standard InChI is InChI=1S/C13H12BrN3OS/c1-15-12(8-5-11(14)19-6-8)7-2-3-9-10(4-7)17-13(18)16-9/h2-6,12,15H,1H3,(H2,16,17,18). The van der Waals surface area contributed by atoms with Gasteiger partial charge in [-0.2, -0.15) is 0 Å². The van der Waals surface area contributed by atoms with Gasteiger partial charge in [0.05, 0.1) is 20.9 Å². The first-order chi connectivity index (χ1) is 9.17. The summed E-state index contributed by atoms with van der Waals surface area (Å²) < 4.78 is 1.11. The van der Waals surface area contributed by atoms with Crippen LogP contribution in [0.5, 0.6) is 0 Å². The molecule has 1 atom stereocenters. The van der Waals surface area contributed by atoms with Crippen LogP contribution in [0.4, 0.5) is 0 Å². The summed E-state index contributed by atoms with van der Waals surface area (Å²) in [5, 5.41) is 5.42. The topological polar surface area (TPSA) is 60.7 Å². The Kier molecular flexibility index (Phi) is 3.30. The number of imidazole rings is 1. The third-order valence-electron chi connectivity index (χ3n) is 3.08. The van der Waals surface area contributed by atoms with Gasteiger partial charge in [-0.15, -0.1) is 11.3 Å². The second kappa shape index (κ2) is 4.96. The highest BCUT2D eigenvalue weighted by Crippen LogP contribution is 2.29. The predicted octanol–water partition coefficient (Wildman–Crippen LogP) is 2.99. The second-order valence-corrected chi connectivity index (χ2v) is 6.58. The molecule has 19 heavy (non-hydrogen) atoms. The molecule has 0 aliphatic heterocycles. The Bertz CT molecular complexity index is 773. The first kappa shape index (κ1) is 12.7. The lowest BCUT2D eigenvalue weighted by Gasteiger charge is -2.15. The lowest BCUT2D eigenvalue weighted by Crippen LogP contribution is -2.16. The van der Waals surface area contributed by atoms with Crippen molar-refractivity contribution >= 4 is 38.3 Å². The van der Waals surface area contributed by atoms with Crippen LogP contribution in [0.15, 0.2) is 38.2 Å². The van der Waals surface area contributed by atoms with Crippen LogP contribution in [0.2, 0.25) is 0 Å². The maximum absolute atomic E-state index is 11.3. The van der Waals surface area contributed by atoms with E-state index in [1.807, 2.05) is 25.2 Å². The number of aromatic nitrogens is 2. The molecule has 4 nitrogen and oxygen atoms in total. The Morgan fingerprint density at radius 1 is 1.21 bits per heavy atom. The summed E-state index contributed by atoms with van der Waals surface area (Å²) in [5.41, 5.74) is 3.81. The van der Waals surface area contributed by atoms with Crippen molar-refractivity contribution in [1.29, 1.82) is 0 Å². The van der Waals surface area contributed by atoms with E-state index in [1.54, 1.807) is 11.3 Å².